The molecule has 0 spiro atoms. The molecule has 26 heavy (non-hydrogen) atoms. The second-order valence-corrected chi connectivity index (χ2v) is 11.1. The third-order valence-electron chi connectivity index (χ3n) is 6.02. The molecule has 5 rings (SSSR count). The number of piperidine rings is 3. The van der Waals surface area contributed by atoms with E-state index in [0.29, 0.717) is 10.8 Å². The molecule has 0 aliphatic carbocycles. The monoisotopic (exact) mass is 392 g/mol. The van der Waals surface area contributed by atoms with E-state index in [-0.39, 0.29) is 22.4 Å². The Morgan fingerprint density at radius 1 is 1.23 bits per heavy atom. The lowest BCUT2D eigenvalue weighted by Crippen LogP contribution is -2.69. The van der Waals surface area contributed by atoms with Crippen molar-refractivity contribution in [1.82, 2.24) is 10.2 Å². The Balaban J connectivity index is 1.60. The van der Waals surface area contributed by atoms with Crippen LogP contribution in [-0.2, 0) is 9.84 Å². The smallest absolute Gasteiger partial charge is 0.261 e. The molecule has 140 valence electrons. The SMILES string of the molecule is CC1(C)[C@@H](NC(=O)c2cc3ccc(S(C)(=O)=O)cc3s2)C2CCN1CC2. The predicted octanol–water partition coefficient (Wildman–Crippen LogP) is 2.91. The van der Waals surface area contributed by atoms with Crippen molar-refractivity contribution in [2.75, 3.05) is 19.3 Å². The molecule has 1 atom stereocenters. The van der Waals surface area contributed by atoms with Crippen molar-refractivity contribution in [1.29, 1.82) is 0 Å². The van der Waals surface area contributed by atoms with E-state index in [0.717, 1.165) is 36.0 Å². The van der Waals surface area contributed by atoms with Crippen molar-refractivity contribution in [3.05, 3.63) is 29.1 Å². The van der Waals surface area contributed by atoms with Crippen molar-refractivity contribution < 1.29 is 13.2 Å². The Hall–Kier alpha value is -1.44. The predicted molar refractivity (Wildman–Crippen MR) is 105 cm³/mol. The van der Waals surface area contributed by atoms with E-state index in [9.17, 15) is 13.2 Å². The molecule has 4 heterocycles. The van der Waals surface area contributed by atoms with E-state index in [1.165, 1.54) is 17.6 Å². The lowest BCUT2D eigenvalue weighted by Gasteiger charge is -2.56. The molecule has 5 nitrogen and oxygen atoms in total. The van der Waals surface area contributed by atoms with Crippen LogP contribution >= 0.6 is 11.3 Å². The van der Waals surface area contributed by atoms with Gasteiger partial charge >= 0.3 is 0 Å². The van der Waals surface area contributed by atoms with Crippen LogP contribution in [0.4, 0.5) is 0 Å². The molecule has 2 aromatic rings. The van der Waals surface area contributed by atoms with Crippen LogP contribution < -0.4 is 5.32 Å². The molecule has 2 bridgehead atoms. The summed E-state index contributed by atoms with van der Waals surface area (Å²) >= 11 is 1.35. The first kappa shape index (κ1) is 17.9. The van der Waals surface area contributed by atoms with E-state index in [1.54, 1.807) is 18.2 Å². The van der Waals surface area contributed by atoms with Crippen LogP contribution in [0.5, 0.6) is 0 Å². The van der Waals surface area contributed by atoms with Crippen LogP contribution in [-0.4, -0.2) is 50.2 Å². The maximum absolute atomic E-state index is 12.9. The minimum Gasteiger partial charge on any atom is -0.346 e. The minimum absolute atomic E-state index is 0.0308. The highest BCUT2D eigenvalue weighted by Crippen LogP contribution is 2.39. The zero-order valence-corrected chi connectivity index (χ0v) is 16.9. The average molecular weight is 393 g/mol. The zero-order chi connectivity index (χ0) is 18.7. The van der Waals surface area contributed by atoms with Gasteiger partial charge in [-0.2, -0.15) is 0 Å². The van der Waals surface area contributed by atoms with Gasteiger partial charge in [0, 0.05) is 22.5 Å². The maximum atomic E-state index is 12.9. The van der Waals surface area contributed by atoms with Gasteiger partial charge in [-0.3, -0.25) is 9.69 Å². The van der Waals surface area contributed by atoms with E-state index in [2.05, 4.69) is 24.1 Å². The number of sulfone groups is 1. The molecule has 3 aliphatic heterocycles. The first-order valence-corrected chi connectivity index (χ1v) is 11.7. The molecule has 3 aliphatic rings. The number of amides is 1. The number of hydrogen-bond acceptors (Lipinski definition) is 5. The highest BCUT2D eigenvalue weighted by molar-refractivity contribution is 7.90. The summed E-state index contributed by atoms with van der Waals surface area (Å²) in [6, 6.07) is 7.04. The Labute approximate surface area is 158 Å². The van der Waals surface area contributed by atoms with Crippen molar-refractivity contribution >= 4 is 37.2 Å². The van der Waals surface area contributed by atoms with E-state index in [1.807, 2.05) is 6.07 Å². The summed E-state index contributed by atoms with van der Waals surface area (Å²) in [5.74, 6) is 0.476. The number of nitrogens with one attached hydrogen (secondary N) is 1. The van der Waals surface area contributed by atoms with Crippen molar-refractivity contribution in [2.45, 2.75) is 43.2 Å². The van der Waals surface area contributed by atoms with Gasteiger partial charge in [-0.05, 0) is 69.3 Å². The quantitative estimate of drug-likeness (QED) is 0.872. The highest BCUT2D eigenvalue weighted by Gasteiger charge is 2.48. The first-order chi connectivity index (χ1) is 12.2. The molecule has 7 heteroatoms. The van der Waals surface area contributed by atoms with Crippen LogP contribution in [0.25, 0.3) is 10.1 Å². The number of hydrogen-bond donors (Lipinski definition) is 1. The van der Waals surface area contributed by atoms with Crippen LogP contribution in [0.2, 0.25) is 0 Å². The number of rotatable bonds is 3. The fourth-order valence-corrected chi connectivity index (χ4v) is 6.17. The lowest BCUT2D eigenvalue weighted by atomic mass is 9.72. The normalized spacial score (nSPS) is 27.6. The summed E-state index contributed by atoms with van der Waals surface area (Å²) in [4.78, 5) is 16.3. The van der Waals surface area contributed by atoms with Crippen molar-refractivity contribution in [3.8, 4) is 0 Å². The summed E-state index contributed by atoms with van der Waals surface area (Å²) in [6.07, 6.45) is 3.47. The zero-order valence-electron chi connectivity index (χ0n) is 15.3. The van der Waals surface area contributed by atoms with Gasteiger partial charge in [0.1, 0.15) is 0 Å². The van der Waals surface area contributed by atoms with Gasteiger partial charge < -0.3 is 5.32 Å². The van der Waals surface area contributed by atoms with Gasteiger partial charge in [-0.25, -0.2) is 8.42 Å². The molecule has 0 saturated carbocycles. The van der Waals surface area contributed by atoms with Gasteiger partial charge in [-0.15, -0.1) is 11.3 Å². The molecule has 0 unspecified atom stereocenters. The van der Waals surface area contributed by atoms with Gasteiger partial charge in [0.15, 0.2) is 9.84 Å². The van der Waals surface area contributed by atoms with Crippen molar-refractivity contribution in [2.24, 2.45) is 5.92 Å². The summed E-state index contributed by atoms with van der Waals surface area (Å²) in [6.45, 7) is 6.65. The number of carbonyl (C=O) groups is 1. The van der Waals surface area contributed by atoms with Crippen molar-refractivity contribution in [3.63, 3.8) is 0 Å². The van der Waals surface area contributed by atoms with Crippen LogP contribution in [0.1, 0.15) is 36.4 Å². The lowest BCUT2D eigenvalue weighted by molar-refractivity contribution is -0.0377. The third kappa shape index (κ3) is 2.96. The molecule has 1 aromatic carbocycles. The summed E-state index contributed by atoms with van der Waals surface area (Å²) < 4.78 is 24.3. The fourth-order valence-electron chi connectivity index (χ4n) is 4.44. The van der Waals surface area contributed by atoms with Gasteiger partial charge in [0.05, 0.1) is 9.77 Å². The molecule has 3 saturated heterocycles. The Morgan fingerprint density at radius 3 is 2.54 bits per heavy atom. The second kappa shape index (κ2) is 6.04. The van der Waals surface area contributed by atoms with Gasteiger partial charge in [0.2, 0.25) is 0 Å². The molecule has 3 fully saturated rings. The number of fused-ring (bicyclic) bond motifs is 4. The first-order valence-electron chi connectivity index (χ1n) is 8.96. The number of nitrogens with zero attached hydrogens (tertiary/aromatic N) is 1. The molecular formula is C19H24N2O3S2. The van der Waals surface area contributed by atoms with E-state index < -0.39 is 9.84 Å². The number of carbonyl (C=O) groups excluding carboxylic acids is 1. The average Bonchev–Trinajstić information content (AvgIpc) is 3.01. The Kier molecular flexibility index (Phi) is 4.17. The number of benzene rings is 1. The van der Waals surface area contributed by atoms with Crippen LogP contribution in [0, 0.1) is 5.92 Å². The number of thiophene rings is 1. The maximum Gasteiger partial charge on any atom is 0.261 e. The Bertz CT molecular complexity index is 970. The topological polar surface area (TPSA) is 66.5 Å². The Morgan fingerprint density at radius 2 is 1.92 bits per heavy atom. The van der Waals surface area contributed by atoms with Gasteiger partial charge in [0.25, 0.3) is 5.91 Å². The third-order valence-corrected chi connectivity index (χ3v) is 8.22. The van der Waals surface area contributed by atoms with E-state index in [4.69, 9.17) is 0 Å². The summed E-state index contributed by atoms with van der Waals surface area (Å²) in [5.41, 5.74) is -0.0308. The standard InChI is InChI=1S/C19H24N2O3S2/c1-19(2)17(12-6-8-21(19)9-7-12)20-18(22)16-10-13-4-5-14(26(3,23)24)11-15(13)25-16/h4-5,10-12,17H,6-9H2,1-3H3,(H,20,22)/t17-/m0/s1. The second-order valence-electron chi connectivity index (χ2n) is 8.01. The highest BCUT2D eigenvalue weighted by atomic mass is 32.2. The molecular weight excluding hydrogens is 368 g/mol. The van der Waals surface area contributed by atoms with E-state index >= 15 is 0 Å². The summed E-state index contributed by atoms with van der Waals surface area (Å²) in [7, 11) is -3.25. The van der Waals surface area contributed by atoms with Crippen LogP contribution in [0.15, 0.2) is 29.2 Å². The largest absolute Gasteiger partial charge is 0.346 e. The molecule has 1 amide bonds. The molecule has 0 radical (unpaired) electrons. The minimum atomic E-state index is -3.25. The molecule has 1 aromatic heterocycles. The fraction of sp³-hybridized carbons (Fsp3) is 0.526. The summed E-state index contributed by atoms with van der Waals surface area (Å²) in [5, 5.41) is 4.18. The van der Waals surface area contributed by atoms with Gasteiger partial charge in [-0.1, -0.05) is 6.07 Å². The van der Waals surface area contributed by atoms with Crippen LogP contribution in [0.3, 0.4) is 0 Å². The molecule has 1 N–H and O–H groups in total.